The molecule has 0 spiro atoms. The molecule has 0 atom stereocenters. The molecular weight excluding hydrogens is 378 g/mol. The number of amides is 1. The highest BCUT2D eigenvalue weighted by molar-refractivity contribution is 5.77. The Morgan fingerprint density at radius 2 is 1.40 bits per heavy atom. The van der Waals surface area contributed by atoms with Gasteiger partial charge in [0.15, 0.2) is 6.61 Å². The maximum atomic E-state index is 12.0. The topological polar surface area (TPSA) is 77.2 Å². The van der Waals surface area contributed by atoms with Crippen molar-refractivity contribution in [3.63, 3.8) is 0 Å². The molecule has 6 nitrogen and oxygen atoms in total. The third kappa shape index (κ3) is 5.11. The molecule has 0 saturated carbocycles. The van der Waals surface area contributed by atoms with E-state index in [9.17, 15) is 4.79 Å². The lowest BCUT2D eigenvalue weighted by Crippen LogP contribution is -2.30. The van der Waals surface area contributed by atoms with Crippen LogP contribution in [-0.2, 0) is 11.2 Å². The average molecular weight is 399 g/mol. The number of aromatic nitrogens is 2. The van der Waals surface area contributed by atoms with E-state index in [-0.39, 0.29) is 12.5 Å². The lowest BCUT2D eigenvalue weighted by atomic mass is 10.1. The number of hydrogen-bond donors (Lipinski definition) is 1. The monoisotopic (exact) mass is 399 g/mol. The Morgan fingerprint density at radius 1 is 0.800 bits per heavy atom. The van der Waals surface area contributed by atoms with Crippen LogP contribution in [0.2, 0.25) is 0 Å². The van der Waals surface area contributed by atoms with E-state index in [1.807, 2.05) is 72.8 Å². The van der Waals surface area contributed by atoms with Gasteiger partial charge in [-0.1, -0.05) is 48.5 Å². The first-order valence-corrected chi connectivity index (χ1v) is 9.71. The van der Waals surface area contributed by atoms with Crippen LogP contribution < -0.4 is 10.1 Å². The lowest BCUT2D eigenvalue weighted by molar-refractivity contribution is -0.123. The minimum absolute atomic E-state index is 0.0349. The molecule has 0 aliphatic rings. The Bertz CT molecular complexity index is 1080. The van der Waals surface area contributed by atoms with Crippen molar-refractivity contribution < 1.29 is 13.9 Å². The standard InChI is InChI=1S/C24H21N3O3/c28-22(25-16-15-18-7-3-1-4-8-18)17-29-21-13-11-20(12-14-21)24-27-26-23(30-24)19-9-5-2-6-10-19/h1-14H,15-17H2,(H,25,28). The lowest BCUT2D eigenvalue weighted by Gasteiger charge is -2.08. The average Bonchev–Trinajstić information content (AvgIpc) is 3.30. The number of carbonyl (C=O) groups is 1. The maximum Gasteiger partial charge on any atom is 0.257 e. The molecule has 0 unspecified atom stereocenters. The predicted molar refractivity (Wildman–Crippen MR) is 114 cm³/mol. The second-order valence-electron chi connectivity index (χ2n) is 6.68. The summed E-state index contributed by atoms with van der Waals surface area (Å²) in [6, 6.07) is 26.8. The number of ether oxygens (including phenoxy) is 1. The first-order chi connectivity index (χ1) is 14.8. The number of carbonyl (C=O) groups excluding carboxylic acids is 1. The van der Waals surface area contributed by atoms with E-state index in [4.69, 9.17) is 9.15 Å². The van der Waals surface area contributed by atoms with Crippen molar-refractivity contribution in [2.45, 2.75) is 6.42 Å². The molecule has 3 aromatic carbocycles. The molecule has 0 bridgehead atoms. The normalized spacial score (nSPS) is 10.5. The Hall–Kier alpha value is -3.93. The number of nitrogens with zero attached hydrogens (tertiary/aromatic N) is 2. The zero-order valence-electron chi connectivity index (χ0n) is 16.3. The molecule has 0 radical (unpaired) electrons. The van der Waals surface area contributed by atoms with Gasteiger partial charge in [0.1, 0.15) is 5.75 Å². The summed E-state index contributed by atoms with van der Waals surface area (Å²) in [6.07, 6.45) is 0.788. The van der Waals surface area contributed by atoms with Crippen molar-refractivity contribution in [1.29, 1.82) is 0 Å². The first kappa shape index (κ1) is 19.4. The highest BCUT2D eigenvalue weighted by Crippen LogP contribution is 2.25. The van der Waals surface area contributed by atoms with Gasteiger partial charge in [0, 0.05) is 17.7 Å². The molecule has 4 aromatic rings. The fourth-order valence-electron chi connectivity index (χ4n) is 2.92. The van der Waals surface area contributed by atoms with E-state index in [0.29, 0.717) is 24.1 Å². The maximum absolute atomic E-state index is 12.0. The summed E-state index contributed by atoms with van der Waals surface area (Å²) < 4.78 is 11.3. The number of benzene rings is 3. The first-order valence-electron chi connectivity index (χ1n) is 9.71. The Kier molecular flexibility index (Phi) is 6.15. The zero-order chi connectivity index (χ0) is 20.6. The van der Waals surface area contributed by atoms with Crippen molar-refractivity contribution >= 4 is 5.91 Å². The fraction of sp³-hybridized carbons (Fsp3) is 0.125. The molecule has 1 amide bonds. The molecule has 1 aromatic heterocycles. The van der Waals surface area contributed by atoms with Crippen LogP contribution in [0.4, 0.5) is 0 Å². The molecule has 30 heavy (non-hydrogen) atoms. The van der Waals surface area contributed by atoms with Crippen LogP contribution in [0.5, 0.6) is 5.75 Å². The molecule has 150 valence electrons. The minimum Gasteiger partial charge on any atom is -0.484 e. The van der Waals surface area contributed by atoms with E-state index >= 15 is 0 Å². The van der Waals surface area contributed by atoms with Crippen LogP contribution in [0.15, 0.2) is 89.3 Å². The van der Waals surface area contributed by atoms with E-state index in [2.05, 4.69) is 15.5 Å². The van der Waals surface area contributed by atoms with Gasteiger partial charge in [-0.15, -0.1) is 10.2 Å². The molecule has 6 heteroatoms. The van der Waals surface area contributed by atoms with Gasteiger partial charge in [-0.3, -0.25) is 4.79 Å². The Balaban J connectivity index is 1.27. The van der Waals surface area contributed by atoms with Gasteiger partial charge in [-0.05, 0) is 48.4 Å². The van der Waals surface area contributed by atoms with E-state index in [1.165, 1.54) is 5.56 Å². The van der Waals surface area contributed by atoms with Crippen LogP contribution in [0, 0.1) is 0 Å². The van der Waals surface area contributed by atoms with Crippen molar-refractivity contribution in [3.8, 4) is 28.7 Å². The van der Waals surface area contributed by atoms with Gasteiger partial charge in [-0.25, -0.2) is 0 Å². The predicted octanol–water partition coefficient (Wildman–Crippen LogP) is 4.14. The quantitative estimate of drug-likeness (QED) is 0.482. The van der Waals surface area contributed by atoms with E-state index < -0.39 is 0 Å². The van der Waals surface area contributed by atoms with Crippen molar-refractivity contribution in [2.75, 3.05) is 13.2 Å². The van der Waals surface area contributed by atoms with Gasteiger partial charge in [0.05, 0.1) is 0 Å². The van der Waals surface area contributed by atoms with Crippen LogP contribution in [-0.4, -0.2) is 29.3 Å². The highest BCUT2D eigenvalue weighted by Gasteiger charge is 2.10. The van der Waals surface area contributed by atoms with E-state index in [1.54, 1.807) is 12.1 Å². The van der Waals surface area contributed by atoms with Crippen LogP contribution in [0.25, 0.3) is 22.9 Å². The molecule has 1 N–H and O–H groups in total. The van der Waals surface area contributed by atoms with Crippen molar-refractivity contribution in [3.05, 3.63) is 90.5 Å². The van der Waals surface area contributed by atoms with Crippen molar-refractivity contribution in [2.24, 2.45) is 0 Å². The molecule has 0 saturated heterocycles. The Morgan fingerprint density at radius 3 is 2.07 bits per heavy atom. The minimum atomic E-state index is -0.153. The van der Waals surface area contributed by atoms with Crippen LogP contribution >= 0.6 is 0 Å². The number of rotatable bonds is 8. The van der Waals surface area contributed by atoms with E-state index in [0.717, 1.165) is 17.5 Å². The third-order valence-corrected chi connectivity index (χ3v) is 4.50. The summed E-state index contributed by atoms with van der Waals surface area (Å²) in [5, 5.41) is 11.1. The van der Waals surface area contributed by atoms with Gasteiger partial charge in [0.25, 0.3) is 5.91 Å². The second-order valence-corrected chi connectivity index (χ2v) is 6.68. The third-order valence-electron chi connectivity index (χ3n) is 4.50. The Labute approximate surface area is 174 Å². The van der Waals surface area contributed by atoms with Gasteiger partial charge >= 0.3 is 0 Å². The van der Waals surface area contributed by atoms with Crippen LogP contribution in [0.3, 0.4) is 0 Å². The fourth-order valence-corrected chi connectivity index (χ4v) is 2.92. The summed E-state index contributed by atoms with van der Waals surface area (Å²) in [5.74, 6) is 1.34. The van der Waals surface area contributed by atoms with Gasteiger partial charge in [-0.2, -0.15) is 0 Å². The summed E-state index contributed by atoms with van der Waals surface area (Å²) >= 11 is 0. The molecular formula is C24H21N3O3. The zero-order valence-corrected chi connectivity index (χ0v) is 16.3. The molecule has 1 heterocycles. The van der Waals surface area contributed by atoms with Crippen LogP contribution in [0.1, 0.15) is 5.56 Å². The smallest absolute Gasteiger partial charge is 0.257 e. The molecule has 4 rings (SSSR count). The summed E-state index contributed by atoms with van der Waals surface area (Å²) in [7, 11) is 0. The molecule has 0 aliphatic heterocycles. The van der Waals surface area contributed by atoms with Crippen molar-refractivity contribution in [1.82, 2.24) is 15.5 Å². The molecule has 0 aliphatic carbocycles. The van der Waals surface area contributed by atoms with Gasteiger partial charge in [0.2, 0.25) is 11.8 Å². The summed E-state index contributed by atoms with van der Waals surface area (Å²) in [6.45, 7) is 0.541. The SMILES string of the molecule is O=C(COc1ccc(-c2nnc(-c3ccccc3)o2)cc1)NCCc1ccccc1. The number of nitrogens with one attached hydrogen (secondary N) is 1. The van der Waals surface area contributed by atoms with Gasteiger partial charge < -0.3 is 14.5 Å². The number of hydrogen-bond acceptors (Lipinski definition) is 5. The summed E-state index contributed by atoms with van der Waals surface area (Å²) in [5.41, 5.74) is 2.84. The second kappa shape index (κ2) is 9.52. The highest BCUT2D eigenvalue weighted by atomic mass is 16.5. The summed E-state index contributed by atoms with van der Waals surface area (Å²) in [4.78, 5) is 12.0. The largest absolute Gasteiger partial charge is 0.484 e. The molecule has 0 fully saturated rings.